The molecule has 0 aliphatic carbocycles. The van der Waals surface area contributed by atoms with Crippen LogP contribution in [0.1, 0.15) is 17.9 Å². The Kier molecular flexibility index (Phi) is 4.77. The van der Waals surface area contributed by atoms with Crippen LogP contribution in [-0.4, -0.2) is 43.1 Å². The predicted molar refractivity (Wildman–Crippen MR) is 75.3 cm³/mol. The van der Waals surface area contributed by atoms with E-state index in [2.05, 4.69) is 16.1 Å². The molecule has 1 aromatic rings. The number of hydrogen-bond acceptors (Lipinski definition) is 4. The molecule has 0 aromatic heterocycles. The maximum atomic E-state index is 12.4. The summed E-state index contributed by atoms with van der Waals surface area (Å²) in [6.07, 6.45) is 0.155. The molecule has 110 valence electrons. The van der Waals surface area contributed by atoms with Gasteiger partial charge in [-0.05, 0) is 12.0 Å². The Bertz CT molecular complexity index is 553. The molecular formula is C15H17N3O3. The molecule has 6 heteroatoms. The standard InChI is InChI=1S/C15H17N3O3/c1-21-15(20)17-12-7-8-18(10-12)14(19)13(9-16)11-5-3-2-4-6-11/h2-6,12-13H,7-8,10H2,1H3,(H,17,20). The number of nitrogens with zero attached hydrogens (tertiary/aromatic N) is 2. The van der Waals surface area contributed by atoms with Crippen molar-refractivity contribution in [3.8, 4) is 6.07 Å². The van der Waals surface area contributed by atoms with Crippen LogP contribution in [-0.2, 0) is 9.53 Å². The Labute approximate surface area is 123 Å². The van der Waals surface area contributed by atoms with Gasteiger partial charge in [-0.2, -0.15) is 5.26 Å². The van der Waals surface area contributed by atoms with Crippen LogP contribution >= 0.6 is 0 Å². The van der Waals surface area contributed by atoms with Gasteiger partial charge in [0.2, 0.25) is 5.91 Å². The first kappa shape index (κ1) is 14.9. The highest BCUT2D eigenvalue weighted by Crippen LogP contribution is 2.20. The third kappa shape index (κ3) is 3.51. The summed E-state index contributed by atoms with van der Waals surface area (Å²) in [5.41, 5.74) is 0.689. The van der Waals surface area contributed by atoms with Crippen LogP contribution in [0.15, 0.2) is 30.3 Å². The second kappa shape index (κ2) is 6.75. The van der Waals surface area contributed by atoms with E-state index >= 15 is 0 Å². The van der Waals surface area contributed by atoms with E-state index < -0.39 is 12.0 Å². The lowest BCUT2D eigenvalue weighted by atomic mass is 9.99. The van der Waals surface area contributed by atoms with Gasteiger partial charge in [0.1, 0.15) is 5.92 Å². The highest BCUT2D eigenvalue weighted by atomic mass is 16.5. The van der Waals surface area contributed by atoms with Gasteiger partial charge in [-0.15, -0.1) is 0 Å². The number of nitrogens with one attached hydrogen (secondary N) is 1. The van der Waals surface area contributed by atoms with Crippen LogP contribution in [0.4, 0.5) is 4.79 Å². The summed E-state index contributed by atoms with van der Waals surface area (Å²) in [4.78, 5) is 25.2. The van der Waals surface area contributed by atoms with E-state index in [1.807, 2.05) is 6.07 Å². The minimum absolute atomic E-state index is 0.128. The molecule has 0 radical (unpaired) electrons. The van der Waals surface area contributed by atoms with Crippen molar-refractivity contribution in [3.05, 3.63) is 35.9 Å². The van der Waals surface area contributed by atoms with Crippen LogP contribution in [0.2, 0.25) is 0 Å². The zero-order chi connectivity index (χ0) is 15.2. The fourth-order valence-corrected chi connectivity index (χ4v) is 2.40. The van der Waals surface area contributed by atoms with E-state index in [4.69, 9.17) is 0 Å². The van der Waals surface area contributed by atoms with E-state index in [0.717, 1.165) is 0 Å². The van der Waals surface area contributed by atoms with Crippen LogP contribution < -0.4 is 5.32 Å². The highest BCUT2D eigenvalue weighted by molar-refractivity contribution is 5.86. The SMILES string of the molecule is COC(=O)NC1CCN(C(=O)C(C#N)c2ccccc2)C1. The van der Waals surface area contributed by atoms with Gasteiger partial charge in [-0.1, -0.05) is 30.3 Å². The van der Waals surface area contributed by atoms with Crippen molar-refractivity contribution in [1.82, 2.24) is 10.2 Å². The smallest absolute Gasteiger partial charge is 0.407 e. The Morgan fingerprint density at radius 3 is 2.76 bits per heavy atom. The number of amides is 2. The molecular weight excluding hydrogens is 270 g/mol. The molecule has 6 nitrogen and oxygen atoms in total. The number of alkyl carbamates (subject to hydrolysis) is 1. The van der Waals surface area contributed by atoms with Crippen molar-refractivity contribution in [3.63, 3.8) is 0 Å². The summed E-state index contributed by atoms with van der Waals surface area (Å²) >= 11 is 0. The molecule has 1 heterocycles. The first-order valence-corrected chi connectivity index (χ1v) is 6.73. The number of hydrogen-bond donors (Lipinski definition) is 1. The van der Waals surface area contributed by atoms with Gasteiger partial charge in [0.05, 0.1) is 19.2 Å². The van der Waals surface area contributed by atoms with Crippen molar-refractivity contribution < 1.29 is 14.3 Å². The molecule has 0 bridgehead atoms. The molecule has 2 amide bonds. The molecule has 0 spiro atoms. The Hall–Kier alpha value is -2.55. The van der Waals surface area contributed by atoms with Crippen molar-refractivity contribution in [2.75, 3.05) is 20.2 Å². The maximum Gasteiger partial charge on any atom is 0.407 e. The fraction of sp³-hybridized carbons (Fsp3) is 0.400. The molecule has 2 rings (SSSR count). The number of rotatable bonds is 3. The zero-order valence-corrected chi connectivity index (χ0v) is 11.8. The summed E-state index contributed by atoms with van der Waals surface area (Å²) in [6, 6.07) is 10.9. The van der Waals surface area contributed by atoms with Crippen LogP contribution in [0.25, 0.3) is 0 Å². The van der Waals surface area contributed by atoms with Gasteiger partial charge in [-0.3, -0.25) is 4.79 Å². The van der Waals surface area contributed by atoms with Crippen molar-refractivity contribution in [1.29, 1.82) is 5.26 Å². The van der Waals surface area contributed by atoms with Gasteiger partial charge in [-0.25, -0.2) is 4.79 Å². The first-order chi connectivity index (χ1) is 10.2. The number of carbonyl (C=O) groups excluding carboxylic acids is 2. The zero-order valence-electron chi connectivity index (χ0n) is 11.8. The minimum atomic E-state index is -0.803. The fourth-order valence-electron chi connectivity index (χ4n) is 2.40. The van der Waals surface area contributed by atoms with Crippen molar-refractivity contribution in [2.45, 2.75) is 18.4 Å². The van der Waals surface area contributed by atoms with E-state index in [1.54, 1.807) is 29.2 Å². The summed E-state index contributed by atoms with van der Waals surface area (Å²) in [6.45, 7) is 0.928. The van der Waals surface area contributed by atoms with E-state index in [0.29, 0.717) is 25.1 Å². The lowest BCUT2D eigenvalue weighted by Crippen LogP contribution is -2.39. The summed E-state index contributed by atoms with van der Waals surface area (Å²) < 4.78 is 4.54. The number of likely N-dealkylation sites (tertiary alicyclic amines) is 1. The molecule has 1 fully saturated rings. The van der Waals surface area contributed by atoms with Gasteiger partial charge < -0.3 is 15.0 Å². The molecule has 1 aliphatic heterocycles. The molecule has 21 heavy (non-hydrogen) atoms. The summed E-state index contributed by atoms with van der Waals surface area (Å²) in [7, 11) is 1.30. The minimum Gasteiger partial charge on any atom is -0.453 e. The van der Waals surface area contributed by atoms with E-state index in [9.17, 15) is 14.9 Å². The van der Waals surface area contributed by atoms with Gasteiger partial charge in [0.25, 0.3) is 0 Å². The number of carbonyl (C=O) groups is 2. The number of methoxy groups -OCH3 is 1. The van der Waals surface area contributed by atoms with Crippen molar-refractivity contribution >= 4 is 12.0 Å². The van der Waals surface area contributed by atoms with E-state index in [1.165, 1.54) is 7.11 Å². The molecule has 1 saturated heterocycles. The lowest BCUT2D eigenvalue weighted by Gasteiger charge is -2.20. The van der Waals surface area contributed by atoms with Crippen LogP contribution in [0.5, 0.6) is 0 Å². The van der Waals surface area contributed by atoms with Gasteiger partial charge in [0.15, 0.2) is 0 Å². The third-order valence-corrected chi connectivity index (χ3v) is 3.52. The molecule has 1 aliphatic rings. The average Bonchev–Trinajstić information content (AvgIpc) is 2.97. The van der Waals surface area contributed by atoms with Crippen LogP contribution in [0.3, 0.4) is 0 Å². The number of benzene rings is 1. The summed E-state index contributed by atoms with van der Waals surface area (Å²) in [5, 5.41) is 11.9. The Balaban J connectivity index is 2.01. The number of nitriles is 1. The largest absolute Gasteiger partial charge is 0.453 e. The Morgan fingerprint density at radius 2 is 2.14 bits per heavy atom. The normalized spacial score (nSPS) is 18.7. The third-order valence-electron chi connectivity index (χ3n) is 3.52. The second-order valence-corrected chi connectivity index (χ2v) is 4.88. The average molecular weight is 287 g/mol. The Morgan fingerprint density at radius 1 is 1.43 bits per heavy atom. The topological polar surface area (TPSA) is 82.4 Å². The van der Waals surface area contributed by atoms with Gasteiger partial charge >= 0.3 is 6.09 Å². The highest BCUT2D eigenvalue weighted by Gasteiger charge is 2.32. The van der Waals surface area contributed by atoms with Gasteiger partial charge in [0, 0.05) is 13.1 Å². The lowest BCUT2D eigenvalue weighted by molar-refractivity contribution is -0.130. The van der Waals surface area contributed by atoms with Crippen LogP contribution in [0, 0.1) is 11.3 Å². The predicted octanol–water partition coefficient (Wildman–Crippen LogP) is 1.25. The van der Waals surface area contributed by atoms with Crippen molar-refractivity contribution in [2.24, 2.45) is 0 Å². The second-order valence-electron chi connectivity index (χ2n) is 4.88. The summed E-state index contributed by atoms with van der Waals surface area (Å²) in [5.74, 6) is -1.03. The van der Waals surface area contributed by atoms with E-state index in [-0.39, 0.29) is 11.9 Å². The maximum absolute atomic E-state index is 12.4. The molecule has 2 atom stereocenters. The quantitative estimate of drug-likeness (QED) is 0.907. The first-order valence-electron chi connectivity index (χ1n) is 6.73. The number of ether oxygens (including phenoxy) is 1. The molecule has 1 N–H and O–H groups in total. The monoisotopic (exact) mass is 287 g/mol. The molecule has 0 saturated carbocycles. The molecule has 1 aromatic carbocycles. The molecule has 2 unspecified atom stereocenters.